The lowest BCUT2D eigenvalue weighted by Crippen LogP contribution is -2.13. The topological polar surface area (TPSA) is 18.5 Å². The molecule has 0 N–H and O–H groups in total. The summed E-state index contributed by atoms with van der Waals surface area (Å²) in [5.74, 6) is 4.24. The molecule has 2 aliphatic rings. The van der Waals surface area contributed by atoms with Crippen LogP contribution in [0.3, 0.4) is 0 Å². The molecule has 2 saturated carbocycles. The van der Waals surface area contributed by atoms with Crippen molar-refractivity contribution >= 4 is 27.5 Å². The number of benzene rings is 1. The van der Waals surface area contributed by atoms with Gasteiger partial charge in [-0.2, -0.15) is 0 Å². The van der Waals surface area contributed by atoms with Crippen LogP contribution in [-0.2, 0) is 0 Å². The van der Waals surface area contributed by atoms with E-state index in [1.807, 2.05) is 12.1 Å². The van der Waals surface area contributed by atoms with Gasteiger partial charge in [-0.15, -0.1) is 11.6 Å². The van der Waals surface area contributed by atoms with Crippen molar-refractivity contribution < 1.29 is 9.47 Å². The minimum Gasteiger partial charge on any atom is -0.495 e. The van der Waals surface area contributed by atoms with Crippen molar-refractivity contribution in [1.82, 2.24) is 0 Å². The van der Waals surface area contributed by atoms with Gasteiger partial charge in [0.1, 0.15) is 16.0 Å². The SMILES string of the molecule is COc1ccc(C(Cl)CC2CC3CCC2C3)c(OC)c1Br. The molecule has 2 fully saturated rings. The number of methoxy groups -OCH3 is 2. The lowest BCUT2D eigenvalue weighted by molar-refractivity contribution is 0.309. The molecule has 3 rings (SSSR count). The van der Waals surface area contributed by atoms with Crippen LogP contribution in [0.2, 0.25) is 0 Å². The molecule has 4 atom stereocenters. The van der Waals surface area contributed by atoms with Crippen LogP contribution in [0.4, 0.5) is 0 Å². The van der Waals surface area contributed by atoms with Crippen molar-refractivity contribution in [3.63, 3.8) is 0 Å². The minimum absolute atomic E-state index is 0.00602. The third-order valence-electron chi connectivity index (χ3n) is 5.25. The van der Waals surface area contributed by atoms with Gasteiger partial charge in [-0.05, 0) is 65.4 Å². The van der Waals surface area contributed by atoms with Gasteiger partial charge in [0, 0.05) is 5.56 Å². The molecule has 0 heterocycles. The van der Waals surface area contributed by atoms with Gasteiger partial charge in [0.05, 0.1) is 19.6 Å². The summed E-state index contributed by atoms with van der Waals surface area (Å²) in [7, 11) is 3.34. The Labute approximate surface area is 140 Å². The van der Waals surface area contributed by atoms with E-state index in [-0.39, 0.29) is 5.38 Å². The number of hydrogen-bond acceptors (Lipinski definition) is 2. The largest absolute Gasteiger partial charge is 0.495 e. The highest BCUT2D eigenvalue weighted by Gasteiger charge is 2.40. The van der Waals surface area contributed by atoms with Crippen LogP contribution < -0.4 is 9.47 Å². The number of ether oxygens (including phenoxy) is 2. The van der Waals surface area contributed by atoms with E-state index in [4.69, 9.17) is 21.1 Å². The summed E-state index contributed by atoms with van der Waals surface area (Å²) in [6.07, 6.45) is 6.69. The quantitative estimate of drug-likeness (QED) is 0.628. The summed E-state index contributed by atoms with van der Waals surface area (Å²) < 4.78 is 11.7. The molecule has 0 amide bonds. The fourth-order valence-corrected chi connectivity index (χ4v) is 5.31. The molecule has 116 valence electrons. The predicted octanol–water partition coefficient (Wildman–Crippen LogP) is 5.57. The van der Waals surface area contributed by atoms with Crippen LogP contribution >= 0.6 is 27.5 Å². The Balaban J connectivity index is 1.78. The van der Waals surface area contributed by atoms with Gasteiger partial charge < -0.3 is 9.47 Å². The third-order valence-corrected chi connectivity index (χ3v) is 6.41. The minimum atomic E-state index is 0.00602. The average molecular weight is 374 g/mol. The lowest BCUT2D eigenvalue weighted by atomic mass is 9.84. The van der Waals surface area contributed by atoms with E-state index in [1.54, 1.807) is 14.2 Å². The zero-order valence-electron chi connectivity index (χ0n) is 12.6. The molecule has 0 saturated heterocycles. The second-order valence-electron chi connectivity index (χ2n) is 6.34. The summed E-state index contributed by atoms with van der Waals surface area (Å²) >= 11 is 10.3. The first-order valence-corrected chi connectivity index (χ1v) is 8.91. The van der Waals surface area contributed by atoms with Crippen LogP contribution in [0.25, 0.3) is 0 Å². The normalized spacial score (nSPS) is 28.7. The average Bonchev–Trinajstić information content (AvgIpc) is 3.09. The van der Waals surface area contributed by atoms with Gasteiger partial charge in [0.2, 0.25) is 0 Å². The maximum Gasteiger partial charge on any atom is 0.141 e. The number of hydrogen-bond donors (Lipinski definition) is 0. The highest BCUT2D eigenvalue weighted by molar-refractivity contribution is 9.10. The molecule has 4 heteroatoms. The van der Waals surface area contributed by atoms with Crippen molar-refractivity contribution in [2.45, 2.75) is 37.5 Å². The summed E-state index contributed by atoms with van der Waals surface area (Å²) in [6.45, 7) is 0. The van der Waals surface area contributed by atoms with E-state index in [0.717, 1.165) is 45.7 Å². The van der Waals surface area contributed by atoms with E-state index >= 15 is 0 Å². The Bertz CT molecular complexity index is 520. The van der Waals surface area contributed by atoms with Crippen LogP contribution in [0.15, 0.2) is 16.6 Å². The molecule has 1 aromatic rings. The Hall–Kier alpha value is -0.410. The van der Waals surface area contributed by atoms with E-state index in [0.29, 0.717) is 0 Å². The summed E-state index contributed by atoms with van der Waals surface area (Å²) in [5.41, 5.74) is 1.06. The maximum atomic E-state index is 6.73. The Kier molecular flexibility index (Phi) is 4.70. The monoisotopic (exact) mass is 372 g/mol. The molecular weight excluding hydrogens is 352 g/mol. The van der Waals surface area contributed by atoms with E-state index in [9.17, 15) is 0 Å². The van der Waals surface area contributed by atoms with Crippen molar-refractivity contribution in [3.05, 3.63) is 22.2 Å². The van der Waals surface area contributed by atoms with E-state index < -0.39 is 0 Å². The van der Waals surface area contributed by atoms with Crippen molar-refractivity contribution in [2.75, 3.05) is 14.2 Å². The molecule has 2 bridgehead atoms. The first kappa shape index (κ1) is 15.5. The number of alkyl halides is 1. The molecular formula is C17H22BrClO2. The summed E-state index contributed by atoms with van der Waals surface area (Å²) in [5, 5.41) is 0.00602. The maximum absolute atomic E-state index is 6.73. The fraction of sp³-hybridized carbons (Fsp3) is 0.647. The molecule has 0 aromatic heterocycles. The first-order valence-electron chi connectivity index (χ1n) is 7.68. The van der Waals surface area contributed by atoms with Crippen molar-refractivity contribution in [2.24, 2.45) is 17.8 Å². The van der Waals surface area contributed by atoms with Crippen LogP contribution in [0.1, 0.15) is 43.0 Å². The zero-order valence-corrected chi connectivity index (χ0v) is 14.9. The van der Waals surface area contributed by atoms with Gasteiger partial charge in [-0.3, -0.25) is 0 Å². The van der Waals surface area contributed by atoms with Gasteiger partial charge >= 0.3 is 0 Å². The van der Waals surface area contributed by atoms with Gasteiger partial charge in [-0.25, -0.2) is 0 Å². The second-order valence-corrected chi connectivity index (χ2v) is 7.66. The van der Waals surface area contributed by atoms with Crippen LogP contribution in [0.5, 0.6) is 11.5 Å². The highest BCUT2D eigenvalue weighted by Crippen LogP contribution is 2.52. The Morgan fingerprint density at radius 2 is 2.05 bits per heavy atom. The standard InChI is InChI=1S/C17H22BrClO2/c1-20-15-6-5-13(17(21-2)16(15)18)14(19)9-12-8-10-3-4-11(12)7-10/h5-6,10-12,14H,3-4,7-9H2,1-2H3. The second kappa shape index (κ2) is 6.37. The van der Waals surface area contributed by atoms with Crippen LogP contribution in [0, 0.1) is 17.8 Å². The molecule has 21 heavy (non-hydrogen) atoms. The summed E-state index contributed by atoms with van der Waals surface area (Å²) in [6, 6.07) is 3.99. The molecule has 2 nitrogen and oxygen atoms in total. The third kappa shape index (κ3) is 2.92. The van der Waals surface area contributed by atoms with E-state index in [1.165, 1.54) is 25.7 Å². The Morgan fingerprint density at radius 3 is 2.62 bits per heavy atom. The van der Waals surface area contributed by atoms with Crippen molar-refractivity contribution in [3.8, 4) is 11.5 Å². The van der Waals surface area contributed by atoms with Crippen molar-refractivity contribution in [1.29, 1.82) is 0 Å². The number of halogens is 2. The molecule has 0 aliphatic heterocycles. The fourth-order valence-electron chi connectivity index (χ4n) is 4.22. The molecule has 1 aromatic carbocycles. The molecule has 4 unspecified atom stereocenters. The molecule has 2 aliphatic carbocycles. The number of rotatable bonds is 5. The van der Waals surface area contributed by atoms with Gasteiger partial charge in [0.15, 0.2) is 0 Å². The first-order chi connectivity index (χ1) is 10.1. The Morgan fingerprint density at radius 1 is 1.24 bits per heavy atom. The zero-order chi connectivity index (χ0) is 15.0. The molecule has 0 radical (unpaired) electrons. The lowest BCUT2D eigenvalue weighted by Gasteiger charge is -2.25. The van der Waals surface area contributed by atoms with Gasteiger partial charge in [0.25, 0.3) is 0 Å². The van der Waals surface area contributed by atoms with E-state index in [2.05, 4.69) is 15.9 Å². The summed E-state index contributed by atoms with van der Waals surface area (Å²) in [4.78, 5) is 0. The number of fused-ring (bicyclic) bond motifs is 2. The highest BCUT2D eigenvalue weighted by atomic mass is 79.9. The molecule has 0 spiro atoms. The van der Waals surface area contributed by atoms with Gasteiger partial charge in [-0.1, -0.05) is 12.5 Å². The predicted molar refractivity (Wildman–Crippen MR) is 89.4 cm³/mol. The van der Waals surface area contributed by atoms with Crippen LogP contribution in [-0.4, -0.2) is 14.2 Å². The smallest absolute Gasteiger partial charge is 0.141 e.